The van der Waals surface area contributed by atoms with E-state index in [-0.39, 0.29) is 18.2 Å². The lowest BCUT2D eigenvalue weighted by Crippen LogP contribution is -2.64. The maximum atomic E-state index is 12.8. The van der Waals surface area contributed by atoms with E-state index in [1.165, 1.54) is 7.11 Å². The minimum atomic E-state index is -1.03. The molecule has 0 bridgehead atoms. The normalized spacial score (nSPS) is 46.7. The van der Waals surface area contributed by atoms with Gasteiger partial charge >= 0.3 is 5.97 Å². The predicted octanol–water partition coefficient (Wildman–Crippen LogP) is 2.94. The summed E-state index contributed by atoms with van der Waals surface area (Å²) in [7, 11) is 1.39. The number of rotatable bonds is 2. The molecule has 5 heteroatoms. The van der Waals surface area contributed by atoms with Gasteiger partial charge in [-0.1, -0.05) is 6.92 Å². The third-order valence-corrected chi connectivity index (χ3v) is 7.01. The summed E-state index contributed by atoms with van der Waals surface area (Å²) >= 11 is 0. The first-order valence-electron chi connectivity index (χ1n) is 9.22. The molecule has 25 heavy (non-hydrogen) atoms. The highest BCUT2D eigenvalue weighted by Gasteiger charge is 2.67. The summed E-state index contributed by atoms with van der Waals surface area (Å²) in [6, 6.07) is 0. The van der Waals surface area contributed by atoms with Crippen LogP contribution in [0.2, 0.25) is 0 Å². The van der Waals surface area contributed by atoms with Crippen LogP contribution in [0.5, 0.6) is 0 Å². The Morgan fingerprint density at radius 2 is 1.96 bits per heavy atom. The molecule has 1 saturated carbocycles. The number of ether oxygens (including phenoxy) is 2. The zero-order valence-electron chi connectivity index (χ0n) is 16.0. The van der Waals surface area contributed by atoms with E-state index in [4.69, 9.17) is 9.47 Å². The first-order valence-corrected chi connectivity index (χ1v) is 9.22. The molecule has 2 aliphatic carbocycles. The second-order valence-electron chi connectivity index (χ2n) is 8.92. The molecular weight excluding hydrogens is 320 g/mol. The van der Waals surface area contributed by atoms with E-state index in [9.17, 15) is 14.7 Å². The molecule has 1 spiro atoms. The van der Waals surface area contributed by atoms with E-state index >= 15 is 0 Å². The van der Waals surface area contributed by atoms with E-state index < -0.39 is 28.1 Å². The van der Waals surface area contributed by atoms with Crippen LogP contribution < -0.4 is 0 Å². The van der Waals surface area contributed by atoms with Crippen molar-refractivity contribution in [3.8, 4) is 0 Å². The highest BCUT2D eigenvalue weighted by atomic mass is 16.5. The van der Waals surface area contributed by atoms with Gasteiger partial charge in [0.25, 0.3) is 0 Å². The molecule has 0 aromatic rings. The van der Waals surface area contributed by atoms with Crippen LogP contribution in [-0.2, 0) is 19.1 Å². The third kappa shape index (κ3) is 2.58. The number of ketones is 1. The van der Waals surface area contributed by atoms with E-state index in [2.05, 4.69) is 6.92 Å². The predicted molar refractivity (Wildman–Crippen MR) is 92.9 cm³/mol. The second kappa shape index (κ2) is 5.65. The Kier molecular flexibility index (Phi) is 4.20. The van der Waals surface area contributed by atoms with E-state index in [1.54, 1.807) is 13.0 Å². The van der Waals surface area contributed by atoms with Gasteiger partial charge in [-0.05, 0) is 64.5 Å². The summed E-state index contributed by atoms with van der Waals surface area (Å²) in [6.07, 6.45) is 5.66. The summed E-state index contributed by atoms with van der Waals surface area (Å²) < 4.78 is 11.5. The summed E-state index contributed by atoms with van der Waals surface area (Å²) in [5.41, 5.74) is -1.81. The average molecular weight is 350 g/mol. The molecule has 1 N–H and O–H groups in total. The van der Waals surface area contributed by atoms with Crippen molar-refractivity contribution in [3.63, 3.8) is 0 Å². The van der Waals surface area contributed by atoms with Crippen molar-refractivity contribution in [2.24, 2.45) is 11.3 Å². The fraction of sp³-hybridized carbons (Fsp3) is 0.800. The van der Waals surface area contributed by atoms with Crippen LogP contribution in [0.4, 0.5) is 0 Å². The van der Waals surface area contributed by atoms with Gasteiger partial charge in [-0.25, -0.2) is 0 Å². The molecule has 3 rings (SSSR count). The van der Waals surface area contributed by atoms with Crippen LogP contribution in [0.3, 0.4) is 0 Å². The minimum absolute atomic E-state index is 0.000459. The van der Waals surface area contributed by atoms with Crippen LogP contribution >= 0.6 is 0 Å². The first-order chi connectivity index (χ1) is 11.5. The fourth-order valence-electron chi connectivity index (χ4n) is 5.85. The van der Waals surface area contributed by atoms with Gasteiger partial charge in [0.1, 0.15) is 0 Å². The standard InChI is InChI=1S/C20H30O5/c1-13-11-14(21)16-18(3,7-6-8-19(16,4)23)20(13)10-9-17(2,25-20)12-15(22)24-5/h11,16,23H,6-10,12H2,1-5H3/t16-,17+,18+,19-,20-/m0/s1. The van der Waals surface area contributed by atoms with Crippen molar-refractivity contribution in [3.05, 3.63) is 11.6 Å². The van der Waals surface area contributed by atoms with Gasteiger partial charge < -0.3 is 14.6 Å². The Hall–Kier alpha value is -1.20. The van der Waals surface area contributed by atoms with Gasteiger partial charge in [0.05, 0.1) is 36.3 Å². The largest absolute Gasteiger partial charge is 0.469 e. The number of carbonyl (C=O) groups is 2. The van der Waals surface area contributed by atoms with Gasteiger partial charge in [-0.15, -0.1) is 0 Å². The lowest BCUT2D eigenvalue weighted by molar-refractivity contribution is -0.208. The number of aliphatic hydroxyl groups is 1. The third-order valence-electron chi connectivity index (χ3n) is 7.01. The molecule has 140 valence electrons. The first kappa shape index (κ1) is 18.6. The molecule has 1 heterocycles. The lowest BCUT2D eigenvalue weighted by atomic mass is 9.49. The number of fused-ring (bicyclic) bond motifs is 2. The van der Waals surface area contributed by atoms with Gasteiger partial charge in [0.15, 0.2) is 5.78 Å². The Morgan fingerprint density at radius 3 is 2.60 bits per heavy atom. The maximum Gasteiger partial charge on any atom is 0.308 e. The van der Waals surface area contributed by atoms with Crippen LogP contribution in [0.1, 0.15) is 66.2 Å². The number of hydrogen-bond donors (Lipinski definition) is 1. The summed E-state index contributed by atoms with van der Waals surface area (Å²) in [5.74, 6) is -0.760. The van der Waals surface area contributed by atoms with Crippen molar-refractivity contribution < 1.29 is 24.2 Å². The number of methoxy groups -OCH3 is 1. The van der Waals surface area contributed by atoms with E-state index in [1.807, 2.05) is 13.8 Å². The molecule has 1 aliphatic heterocycles. The van der Waals surface area contributed by atoms with Crippen molar-refractivity contribution >= 4 is 11.8 Å². The molecule has 5 atom stereocenters. The van der Waals surface area contributed by atoms with Crippen molar-refractivity contribution in [2.75, 3.05) is 7.11 Å². The Bertz CT molecular complexity index is 636. The number of carbonyl (C=O) groups excluding carboxylic acids is 2. The van der Waals surface area contributed by atoms with Crippen molar-refractivity contribution in [1.82, 2.24) is 0 Å². The molecular formula is C20H30O5. The van der Waals surface area contributed by atoms with Crippen LogP contribution in [0.25, 0.3) is 0 Å². The Balaban J connectivity index is 2.05. The molecule has 0 amide bonds. The molecule has 3 aliphatic rings. The maximum absolute atomic E-state index is 12.8. The molecule has 1 saturated heterocycles. The van der Waals surface area contributed by atoms with E-state index in [0.717, 1.165) is 31.3 Å². The summed E-state index contributed by atoms with van der Waals surface area (Å²) in [5, 5.41) is 11.0. The van der Waals surface area contributed by atoms with Gasteiger partial charge in [-0.2, -0.15) is 0 Å². The average Bonchev–Trinajstić information content (AvgIpc) is 2.84. The van der Waals surface area contributed by atoms with Crippen molar-refractivity contribution in [1.29, 1.82) is 0 Å². The quantitative estimate of drug-likeness (QED) is 0.775. The monoisotopic (exact) mass is 350 g/mol. The molecule has 0 aromatic heterocycles. The second-order valence-corrected chi connectivity index (χ2v) is 8.92. The minimum Gasteiger partial charge on any atom is -0.469 e. The summed E-state index contributed by atoms with van der Waals surface area (Å²) in [4.78, 5) is 24.7. The molecule has 0 aromatic carbocycles. The van der Waals surface area contributed by atoms with Gasteiger partial charge in [0, 0.05) is 5.41 Å². The number of hydrogen-bond acceptors (Lipinski definition) is 5. The number of allylic oxidation sites excluding steroid dienone is 1. The van der Waals surface area contributed by atoms with Crippen LogP contribution in [-0.4, -0.2) is 40.8 Å². The van der Waals surface area contributed by atoms with Gasteiger partial charge in [-0.3, -0.25) is 9.59 Å². The smallest absolute Gasteiger partial charge is 0.308 e. The molecule has 2 fully saturated rings. The molecule has 0 radical (unpaired) electrons. The zero-order chi connectivity index (χ0) is 18.7. The Morgan fingerprint density at radius 1 is 1.28 bits per heavy atom. The topological polar surface area (TPSA) is 72.8 Å². The van der Waals surface area contributed by atoms with Crippen molar-refractivity contribution in [2.45, 2.75) is 83.0 Å². The molecule has 5 nitrogen and oxygen atoms in total. The zero-order valence-corrected chi connectivity index (χ0v) is 16.0. The van der Waals surface area contributed by atoms with Crippen LogP contribution in [0.15, 0.2) is 11.6 Å². The van der Waals surface area contributed by atoms with Gasteiger partial charge in [0.2, 0.25) is 0 Å². The highest BCUT2D eigenvalue weighted by molar-refractivity contribution is 5.96. The lowest BCUT2D eigenvalue weighted by Gasteiger charge is -2.59. The van der Waals surface area contributed by atoms with E-state index in [0.29, 0.717) is 6.42 Å². The summed E-state index contributed by atoms with van der Waals surface area (Å²) in [6.45, 7) is 7.76. The highest BCUT2D eigenvalue weighted by Crippen LogP contribution is 2.63. The SMILES string of the molecule is COC(=O)C[C@@]1(C)CC[C@]2(O1)C(C)=CC(=O)[C@@H]1[C@@](C)(O)CCC[C@]12C. The van der Waals surface area contributed by atoms with Crippen LogP contribution in [0, 0.1) is 11.3 Å². The Labute approximate surface area is 149 Å². The fourth-order valence-corrected chi connectivity index (χ4v) is 5.85. The number of esters is 1. The molecule has 0 unspecified atom stereocenters.